The van der Waals surface area contributed by atoms with Crippen LogP contribution in [0.3, 0.4) is 0 Å². The van der Waals surface area contributed by atoms with Gasteiger partial charge in [-0.2, -0.15) is 5.10 Å². The molecule has 0 saturated carbocycles. The SMILES string of the molecule is CCc1cc(=O)[nH]c(-c2ccc(N(C)C3CCCN(c4cccnn4)C3)nc2)n1. The summed E-state index contributed by atoms with van der Waals surface area (Å²) in [4.78, 5) is 28.2. The molecule has 1 saturated heterocycles. The summed E-state index contributed by atoms with van der Waals surface area (Å²) in [6.45, 7) is 3.85. The first-order valence-corrected chi connectivity index (χ1v) is 9.96. The molecule has 1 atom stereocenters. The molecular formula is C21H25N7O. The molecule has 1 fully saturated rings. The maximum atomic E-state index is 11.8. The normalized spacial score (nSPS) is 16.6. The van der Waals surface area contributed by atoms with E-state index in [0.717, 1.165) is 55.2 Å². The largest absolute Gasteiger partial charge is 0.355 e. The van der Waals surface area contributed by atoms with E-state index in [2.05, 4.69) is 42.0 Å². The van der Waals surface area contributed by atoms with E-state index in [1.165, 1.54) is 6.07 Å². The zero-order valence-electron chi connectivity index (χ0n) is 16.7. The molecule has 0 aromatic carbocycles. The fourth-order valence-electron chi connectivity index (χ4n) is 3.69. The molecule has 3 aromatic rings. The van der Waals surface area contributed by atoms with Crippen LogP contribution in [0, 0.1) is 0 Å². The van der Waals surface area contributed by atoms with Crippen LogP contribution in [0.15, 0.2) is 47.5 Å². The van der Waals surface area contributed by atoms with Gasteiger partial charge in [0.15, 0.2) is 5.82 Å². The van der Waals surface area contributed by atoms with Gasteiger partial charge in [0.2, 0.25) is 0 Å². The van der Waals surface area contributed by atoms with Crippen molar-refractivity contribution in [2.45, 2.75) is 32.2 Å². The summed E-state index contributed by atoms with van der Waals surface area (Å²) in [6.07, 6.45) is 6.38. The van der Waals surface area contributed by atoms with Gasteiger partial charge < -0.3 is 14.8 Å². The number of aryl methyl sites for hydroxylation is 1. The van der Waals surface area contributed by atoms with Crippen molar-refractivity contribution in [2.75, 3.05) is 29.9 Å². The quantitative estimate of drug-likeness (QED) is 0.713. The number of H-pyrrole nitrogens is 1. The van der Waals surface area contributed by atoms with Crippen molar-refractivity contribution in [2.24, 2.45) is 0 Å². The van der Waals surface area contributed by atoms with Gasteiger partial charge in [0.25, 0.3) is 5.56 Å². The van der Waals surface area contributed by atoms with Crippen molar-refractivity contribution >= 4 is 11.6 Å². The molecule has 0 bridgehead atoms. The van der Waals surface area contributed by atoms with E-state index < -0.39 is 0 Å². The number of nitrogens with zero attached hydrogens (tertiary/aromatic N) is 6. The predicted octanol–water partition coefficient (Wildman–Crippen LogP) is 2.29. The number of nitrogens with one attached hydrogen (secondary N) is 1. The first-order chi connectivity index (χ1) is 14.1. The van der Waals surface area contributed by atoms with Crippen molar-refractivity contribution in [3.8, 4) is 11.4 Å². The standard InChI is InChI=1S/C21H25N7O/c1-3-16-12-20(29)25-21(24-16)15-8-9-18(22-13-15)27(2)17-6-5-11-28(14-17)19-7-4-10-23-26-19/h4,7-10,12-13,17H,3,5-6,11,14H2,1-2H3,(H,24,25,29). The lowest BCUT2D eigenvalue weighted by atomic mass is 10.0. The second-order valence-electron chi connectivity index (χ2n) is 7.28. The number of anilines is 2. The Hall–Kier alpha value is -3.29. The molecule has 1 aliphatic rings. The molecule has 1 unspecified atom stereocenters. The van der Waals surface area contributed by atoms with Crippen LogP contribution < -0.4 is 15.4 Å². The molecule has 0 spiro atoms. The number of hydrogen-bond donors (Lipinski definition) is 1. The van der Waals surface area contributed by atoms with Gasteiger partial charge in [0.05, 0.1) is 0 Å². The highest BCUT2D eigenvalue weighted by Gasteiger charge is 2.25. The Labute approximate surface area is 169 Å². The summed E-state index contributed by atoms with van der Waals surface area (Å²) in [5.74, 6) is 2.37. The average molecular weight is 391 g/mol. The molecule has 150 valence electrons. The van der Waals surface area contributed by atoms with Gasteiger partial charge in [0.1, 0.15) is 11.6 Å². The number of rotatable bonds is 5. The van der Waals surface area contributed by atoms with Crippen LogP contribution in [0.5, 0.6) is 0 Å². The fourth-order valence-corrected chi connectivity index (χ4v) is 3.69. The van der Waals surface area contributed by atoms with E-state index in [9.17, 15) is 4.79 Å². The van der Waals surface area contributed by atoms with Crippen LogP contribution in [0.2, 0.25) is 0 Å². The van der Waals surface area contributed by atoms with Crippen LogP contribution in [-0.2, 0) is 6.42 Å². The Morgan fingerprint density at radius 1 is 1.31 bits per heavy atom. The Bertz CT molecular complexity index is 1000. The maximum absolute atomic E-state index is 11.8. The molecule has 8 nitrogen and oxygen atoms in total. The van der Waals surface area contributed by atoms with E-state index >= 15 is 0 Å². The predicted molar refractivity (Wildman–Crippen MR) is 113 cm³/mol. The number of piperidine rings is 1. The summed E-state index contributed by atoms with van der Waals surface area (Å²) in [6, 6.07) is 9.73. The number of hydrogen-bond acceptors (Lipinski definition) is 7. The molecular weight excluding hydrogens is 366 g/mol. The Morgan fingerprint density at radius 3 is 2.93 bits per heavy atom. The van der Waals surface area contributed by atoms with E-state index in [0.29, 0.717) is 11.9 Å². The molecule has 4 heterocycles. The molecule has 1 aliphatic heterocycles. The van der Waals surface area contributed by atoms with Gasteiger partial charge >= 0.3 is 0 Å². The lowest BCUT2D eigenvalue weighted by Crippen LogP contribution is -2.47. The minimum absolute atomic E-state index is 0.139. The van der Waals surface area contributed by atoms with Crippen LogP contribution in [-0.4, -0.2) is 51.3 Å². The zero-order valence-corrected chi connectivity index (χ0v) is 16.7. The van der Waals surface area contributed by atoms with E-state index in [1.54, 1.807) is 12.4 Å². The topological polar surface area (TPSA) is 90.9 Å². The van der Waals surface area contributed by atoms with E-state index in [4.69, 9.17) is 0 Å². The molecule has 0 aliphatic carbocycles. The van der Waals surface area contributed by atoms with Crippen LogP contribution in [0.4, 0.5) is 11.6 Å². The summed E-state index contributed by atoms with van der Waals surface area (Å²) in [5.41, 5.74) is 1.44. The number of pyridine rings is 1. The molecule has 3 aromatic heterocycles. The van der Waals surface area contributed by atoms with Crippen molar-refractivity contribution in [1.82, 2.24) is 25.1 Å². The number of aromatic nitrogens is 5. The van der Waals surface area contributed by atoms with Gasteiger partial charge in [-0.15, -0.1) is 5.10 Å². The van der Waals surface area contributed by atoms with Crippen molar-refractivity contribution in [3.63, 3.8) is 0 Å². The van der Waals surface area contributed by atoms with Crippen molar-refractivity contribution < 1.29 is 0 Å². The Balaban J connectivity index is 1.50. The third kappa shape index (κ3) is 4.26. The summed E-state index contributed by atoms with van der Waals surface area (Å²) >= 11 is 0. The number of aromatic amines is 1. The minimum atomic E-state index is -0.139. The molecule has 4 rings (SSSR count). The number of likely N-dealkylation sites (N-methyl/N-ethyl adjacent to an activating group) is 1. The summed E-state index contributed by atoms with van der Waals surface area (Å²) < 4.78 is 0. The maximum Gasteiger partial charge on any atom is 0.251 e. The Kier molecular flexibility index (Phi) is 5.50. The van der Waals surface area contributed by atoms with Gasteiger partial charge in [0, 0.05) is 55.9 Å². The summed E-state index contributed by atoms with van der Waals surface area (Å²) in [7, 11) is 2.07. The van der Waals surface area contributed by atoms with E-state index in [1.807, 2.05) is 31.2 Å². The third-order valence-corrected chi connectivity index (χ3v) is 5.37. The first-order valence-electron chi connectivity index (χ1n) is 9.96. The van der Waals surface area contributed by atoms with Crippen molar-refractivity contribution in [1.29, 1.82) is 0 Å². The summed E-state index contributed by atoms with van der Waals surface area (Å²) in [5, 5.41) is 8.24. The lowest BCUT2D eigenvalue weighted by molar-refractivity contribution is 0.482. The van der Waals surface area contributed by atoms with Crippen molar-refractivity contribution in [3.05, 3.63) is 58.8 Å². The highest BCUT2D eigenvalue weighted by atomic mass is 16.1. The van der Waals surface area contributed by atoms with Crippen LogP contribution in [0.1, 0.15) is 25.5 Å². The molecule has 0 radical (unpaired) electrons. The van der Waals surface area contributed by atoms with E-state index in [-0.39, 0.29) is 5.56 Å². The van der Waals surface area contributed by atoms with Gasteiger partial charge in [-0.05, 0) is 43.5 Å². The molecule has 8 heteroatoms. The zero-order chi connectivity index (χ0) is 20.2. The monoisotopic (exact) mass is 391 g/mol. The lowest BCUT2D eigenvalue weighted by Gasteiger charge is -2.38. The highest BCUT2D eigenvalue weighted by Crippen LogP contribution is 2.24. The minimum Gasteiger partial charge on any atom is -0.355 e. The molecule has 1 N–H and O–H groups in total. The smallest absolute Gasteiger partial charge is 0.251 e. The van der Waals surface area contributed by atoms with Gasteiger partial charge in [-0.1, -0.05) is 6.92 Å². The molecule has 0 amide bonds. The van der Waals surface area contributed by atoms with Crippen LogP contribution in [0.25, 0.3) is 11.4 Å². The Morgan fingerprint density at radius 2 is 2.21 bits per heavy atom. The third-order valence-electron chi connectivity index (χ3n) is 5.37. The van der Waals surface area contributed by atoms with Gasteiger partial charge in [-0.25, -0.2) is 9.97 Å². The molecule has 29 heavy (non-hydrogen) atoms. The van der Waals surface area contributed by atoms with Crippen LogP contribution >= 0.6 is 0 Å². The van der Waals surface area contributed by atoms with Gasteiger partial charge in [-0.3, -0.25) is 4.79 Å². The second kappa shape index (κ2) is 8.38. The second-order valence-corrected chi connectivity index (χ2v) is 7.28. The average Bonchev–Trinajstić information content (AvgIpc) is 2.79. The fraction of sp³-hybridized carbons (Fsp3) is 0.381. The highest BCUT2D eigenvalue weighted by molar-refractivity contribution is 5.56. The first kappa shape index (κ1) is 19.0.